The van der Waals surface area contributed by atoms with Crippen molar-refractivity contribution in [1.82, 2.24) is 10.3 Å². The second-order valence-corrected chi connectivity index (χ2v) is 5.53. The molecule has 0 bridgehead atoms. The van der Waals surface area contributed by atoms with Crippen LogP contribution in [0.3, 0.4) is 0 Å². The molecule has 0 aliphatic rings. The highest BCUT2D eigenvalue weighted by atomic mass is 32.1. The molecular formula is C14H14N2O3S. The van der Waals surface area contributed by atoms with Crippen molar-refractivity contribution in [2.75, 3.05) is 0 Å². The number of carbonyl (C=O) groups is 2. The maximum Gasteiger partial charge on any atom is 0.326 e. The van der Waals surface area contributed by atoms with Crippen molar-refractivity contribution in [3.63, 3.8) is 0 Å². The van der Waals surface area contributed by atoms with Crippen molar-refractivity contribution < 1.29 is 14.7 Å². The van der Waals surface area contributed by atoms with Crippen molar-refractivity contribution in [2.45, 2.75) is 19.4 Å². The molecule has 0 radical (unpaired) electrons. The molecule has 0 aliphatic carbocycles. The molecule has 0 saturated carbocycles. The molecule has 0 spiro atoms. The van der Waals surface area contributed by atoms with Gasteiger partial charge in [0.15, 0.2) is 0 Å². The van der Waals surface area contributed by atoms with Gasteiger partial charge in [-0.15, -0.1) is 11.3 Å². The molecule has 5 nitrogen and oxygen atoms in total. The lowest BCUT2D eigenvalue weighted by atomic mass is 10.1. The van der Waals surface area contributed by atoms with Crippen molar-refractivity contribution >= 4 is 23.2 Å². The standard InChI is InChI=1S/C14H14N2O3S/c1-9-15-8-12(20-9)13(17)16-11(14(18)19)7-10-5-3-2-4-6-10/h2-6,8,11H,7H2,1H3,(H,16,17)(H,18,19)/t11-/m0/s1. The van der Waals surface area contributed by atoms with E-state index in [-0.39, 0.29) is 6.42 Å². The largest absolute Gasteiger partial charge is 0.480 e. The number of aliphatic carboxylic acids is 1. The molecule has 1 aromatic carbocycles. The molecule has 20 heavy (non-hydrogen) atoms. The summed E-state index contributed by atoms with van der Waals surface area (Å²) in [7, 11) is 0. The van der Waals surface area contributed by atoms with Crippen molar-refractivity contribution in [1.29, 1.82) is 0 Å². The summed E-state index contributed by atoms with van der Waals surface area (Å²) in [6.07, 6.45) is 1.70. The summed E-state index contributed by atoms with van der Waals surface area (Å²) < 4.78 is 0. The Morgan fingerprint density at radius 1 is 1.35 bits per heavy atom. The van der Waals surface area contributed by atoms with Gasteiger partial charge in [0.2, 0.25) is 0 Å². The third-order valence-corrected chi connectivity index (χ3v) is 3.64. The van der Waals surface area contributed by atoms with Crippen molar-refractivity contribution in [3.05, 3.63) is 52.0 Å². The van der Waals surface area contributed by atoms with Gasteiger partial charge in [0.25, 0.3) is 5.91 Å². The number of hydrogen-bond acceptors (Lipinski definition) is 4. The fourth-order valence-corrected chi connectivity index (χ4v) is 2.43. The molecular weight excluding hydrogens is 276 g/mol. The minimum absolute atomic E-state index is 0.250. The molecule has 1 heterocycles. The average molecular weight is 290 g/mol. The zero-order valence-corrected chi connectivity index (χ0v) is 11.7. The molecule has 1 amide bonds. The van der Waals surface area contributed by atoms with Gasteiger partial charge in [-0.25, -0.2) is 9.78 Å². The summed E-state index contributed by atoms with van der Waals surface area (Å²) in [6, 6.07) is 8.24. The summed E-state index contributed by atoms with van der Waals surface area (Å²) in [6.45, 7) is 1.79. The molecule has 0 saturated heterocycles. The third-order valence-electron chi connectivity index (χ3n) is 2.73. The Bertz CT molecular complexity index is 610. The zero-order valence-electron chi connectivity index (χ0n) is 10.9. The number of aromatic nitrogens is 1. The molecule has 2 N–H and O–H groups in total. The van der Waals surface area contributed by atoms with E-state index in [2.05, 4.69) is 10.3 Å². The van der Waals surface area contributed by atoms with Crippen LogP contribution in [0.15, 0.2) is 36.5 Å². The topological polar surface area (TPSA) is 79.3 Å². The van der Waals surface area contributed by atoms with Gasteiger partial charge in [0.1, 0.15) is 10.9 Å². The molecule has 0 aliphatic heterocycles. The number of thiazole rings is 1. The first kappa shape index (κ1) is 14.2. The number of carbonyl (C=O) groups excluding carboxylic acids is 1. The number of benzene rings is 1. The lowest BCUT2D eigenvalue weighted by Crippen LogP contribution is -2.42. The Balaban J connectivity index is 2.06. The van der Waals surface area contributed by atoms with E-state index >= 15 is 0 Å². The number of nitrogens with one attached hydrogen (secondary N) is 1. The lowest BCUT2D eigenvalue weighted by molar-refractivity contribution is -0.139. The zero-order chi connectivity index (χ0) is 14.5. The third kappa shape index (κ3) is 3.64. The minimum Gasteiger partial charge on any atom is -0.480 e. The Hall–Kier alpha value is -2.21. The van der Waals surface area contributed by atoms with E-state index in [1.807, 2.05) is 30.3 Å². The first-order chi connectivity index (χ1) is 9.56. The highest BCUT2D eigenvalue weighted by Gasteiger charge is 2.21. The van der Waals surface area contributed by atoms with Crippen LogP contribution in [0.2, 0.25) is 0 Å². The number of carboxylic acid groups (broad SMARTS) is 1. The molecule has 1 aromatic heterocycles. The number of rotatable bonds is 5. The fraction of sp³-hybridized carbons (Fsp3) is 0.214. The van der Waals surface area contributed by atoms with Crippen molar-refractivity contribution in [3.8, 4) is 0 Å². The van der Waals surface area contributed by atoms with E-state index in [0.717, 1.165) is 10.6 Å². The van der Waals surface area contributed by atoms with Gasteiger partial charge in [0.05, 0.1) is 11.2 Å². The molecule has 6 heteroatoms. The molecule has 104 valence electrons. The normalized spacial score (nSPS) is 11.8. The summed E-state index contributed by atoms with van der Waals surface area (Å²) >= 11 is 1.24. The summed E-state index contributed by atoms with van der Waals surface area (Å²) in [5.74, 6) is -1.46. The van der Waals surface area contributed by atoms with Crippen LogP contribution in [0.25, 0.3) is 0 Å². The Kier molecular flexibility index (Phi) is 4.47. The monoisotopic (exact) mass is 290 g/mol. The van der Waals surface area contributed by atoms with E-state index < -0.39 is 17.9 Å². The number of hydrogen-bond donors (Lipinski definition) is 2. The highest BCUT2D eigenvalue weighted by molar-refractivity contribution is 7.13. The lowest BCUT2D eigenvalue weighted by Gasteiger charge is -2.13. The molecule has 1 atom stereocenters. The van der Waals surface area contributed by atoms with Gasteiger partial charge in [-0.3, -0.25) is 4.79 Å². The predicted molar refractivity (Wildman–Crippen MR) is 75.9 cm³/mol. The van der Waals surface area contributed by atoms with E-state index in [4.69, 9.17) is 0 Å². The van der Waals surface area contributed by atoms with Crippen LogP contribution in [0.1, 0.15) is 20.2 Å². The Labute approximate surface area is 120 Å². The summed E-state index contributed by atoms with van der Waals surface area (Å²) in [5.41, 5.74) is 0.862. The van der Waals surface area contributed by atoms with Crippen LogP contribution in [0, 0.1) is 6.92 Å². The summed E-state index contributed by atoms with van der Waals surface area (Å²) in [5, 5.41) is 12.5. The van der Waals surface area contributed by atoms with Gasteiger partial charge in [0, 0.05) is 6.42 Å². The summed E-state index contributed by atoms with van der Waals surface area (Å²) in [4.78, 5) is 27.6. The maximum atomic E-state index is 12.0. The smallest absolute Gasteiger partial charge is 0.326 e. The second-order valence-electron chi connectivity index (χ2n) is 4.30. The number of carboxylic acids is 1. The first-order valence-corrected chi connectivity index (χ1v) is 6.88. The van der Waals surface area contributed by atoms with Crippen molar-refractivity contribution in [2.24, 2.45) is 0 Å². The second kappa shape index (κ2) is 6.29. The van der Waals surface area contributed by atoms with Crippen LogP contribution in [-0.4, -0.2) is 28.0 Å². The SMILES string of the molecule is Cc1ncc(C(=O)N[C@@H](Cc2ccccc2)C(=O)O)s1. The Morgan fingerprint density at radius 2 is 2.05 bits per heavy atom. The van der Waals surface area contributed by atoms with Gasteiger partial charge in [-0.1, -0.05) is 30.3 Å². The number of aryl methyl sites for hydroxylation is 1. The quantitative estimate of drug-likeness (QED) is 0.881. The van der Waals surface area contributed by atoms with Gasteiger partial charge in [-0.05, 0) is 12.5 Å². The molecule has 0 unspecified atom stereocenters. The van der Waals surface area contributed by atoms with Crippen LogP contribution in [0.4, 0.5) is 0 Å². The van der Waals surface area contributed by atoms with Crippen LogP contribution >= 0.6 is 11.3 Å². The van der Waals surface area contributed by atoms with Gasteiger partial charge >= 0.3 is 5.97 Å². The van der Waals surface area contributed by atoms with Gasteiger partial charge < -0.3 is 10.4 Å². The molecule has 0 fully saturated rings. The minimum atomic E-state index is -1.05. The molecule has 2 rings (SSSR count). The highest BCUT2D eigenvalue weighted by Crippen LogP contribution is 2.12. The van der Waals surface area contributed by atoms with Crippen LogP contribution in [0.5, 0.6) is 0 Å². The fourth-order valence-electron chi connectivity index (χ4n) is 1.75. The predicted octanol–water partition coefficient (Wildman–Crippen LogP) is 1.88. The van der Waals surface area contributed by atoms with Gasteiger partial charge in [-0.2, -0.15) is 0 Å². The van der Waals surface area contributed by atoms with E-state index in [1.54, 1.807) is 6.92 Å². The van der Waals surface area contributed by atoms with E-state index in [1.165, 1.54) is 17.5 Å². The maximum absolute atomic E-state index is 12.0. The first-order valence-electron chi connectivity index (χ1n) is 6.06. The van der Waals surface area contributed by atoms with Crippen LogP contribution in [-0.2, 0) is 11.2 Å². The molecule has 2 aromatic rings. The van der Waals surface area contributed by atoms with E-state index in [0.29, 0.717) is 4.88 Å². The van der Waals surface area contributed by atoms with E-state index in [9.17, 15) is 14.7 Å². The Morgan fingerprint density at radius 3 is 2.60 bits per heavy atom. The number of amides is 1. The average Bonchev–Trinajstić information content (AvgIpc) is 2.86. The number of nitrogens with zero attached hydrogens (tertiary/aromatic N) is 1. The van der Waals surface area contributed by atoms with Crippen LogP contribution < -0.4 is 5.32 Å².